The maximum atomic E-state index is 4.11. The van der Waals surface area contributed by atoms with Gasteiger partial charge in [0.2, 0.25) is 0 Å². The lowest BCUT2D eigenvalue weighted by molar-refractivity contribution is 1.37. The smallest absolute Gasteiger partial charge is 0.119 e. The molecule has 1 aromatic rings. The van der Waals surface area contributed by atoms with E-state index in [2.05, 4.69) is 20.9 Å². The molecule has 0 aromatic carbocycles. The zero-order valence-electron chi connectivity index (χ0n) is 4.97. The fourth-order valence-electron chi connectivity index (χ4n) is 0.465. The summed E-state index contributed by atoms with van der Waals surface area (Å²) in [6.07, 6.45) is 1.81. The second-order valence-corrected chi connectivity index (χ2v) is 2.98. The Kier molecular flexibility index (Phi) is 2.42. The molecule has 0 aliphatic rings. The van der Waals surface area contributed by atoms with Crippen molar-refractivity contribution in [3.8, 4) is 0 Å². The third-order valence-electron chi connectivity index (χ3n) is 0.933. The molecule has 0 aliphatic heterocycles. The predicted molar refractivity (Wildman–Crippen MR) is 44.7 cm³/mol. The highest BCUT2D eigenvalue weighted by Crippen LogP contribution is 2.16. The Morgan fingerprint density at radius 1 is 1.89 bits per heavy atom. The molecule has 1 heterocycles. The maximum absolute atomic E-state index is 4.11. The van der Waals surface area contributed by atoms with E-state index in [1.54, 1.807) is 17.5 Å². The lowest BCUT2D eigenvalue weighted by Crippen LogP contribution is -1.71. The summed E-state index contributed by atoms with van der Waals surface area (Å²) in [6, 6.07) is 0. The first-order chi connectivity index (χ1) is 4.34. The number of thiazole rings is 1. The van der Waals surface area contributed by atoms with Gasteiger partial charge in [0.15, 0.2) is 0 Å². The average molecular weight is 204 g/mol. The van der Waals surface area contributed by atoms with Crippen LogP contribution in [-0.2, 0) is 0 Å². The van der Waals surface area contributed by atoms with Gasteiger partial charge in [-0.25, -0.2) is 4.98 Å². The summed E-state index contributed by atoms with van der Waals surface area (Å²) in [5.74, 6) is 0. The molecular formula is C6H6BrNS. The van der Waals surface area contributed by atoms with E-state index >= 15 is 0 Å². The normalized spacial score (nSPS) is 12.0. The van der Waals surface area contributed by atoms with Gasteiger partial charge in [-0.05, 0) is 17.5 Å². The highest BCUT2D eigenvalue weighted by molar-refractivity contribution is 9.11. The molecule has 1 aromatic heterocycles. The number of halogens is 1. The van der Waals surface area contributed by atoms with Crippen LogP contribution < -0.4 is 0 Å². The Hall–Kier alpha value is -0.150. The fraction of sp³-hybridized carbons (Fsp3) is 0.167. The van der Waals surface area contributed by atoms with Gasteiger partial charge in [0.05, 0.1) is 0 Å². The Bertz CT molecular complexity index is 203. The highest BCUT2D eigenvalue weighted by atomic mass is 79.9. The SMILES string of the molecule is CC(=CBr)c1nccs1. The topological polar surface area (TPSA) is 12.9 Å². The van der Waals surface area contributed by atoms with Crippen molar-refractivity contribution >= 4 is 32.8 Å². The molecule has 1 nitrogen and oxygen atoms in total. The van der Waals surface area contributed by atoms with Crippen LogP contribution in [0.15, 0.2) is 16.6 Å². The molecule has 0 amide bonds. The van der Waals surface area contributed by atoms with Gasteiger partial charge in [-0.3, -0.25) is 0 Å². The van der Waals surface area contributed by atoms with E-state index in [1.807, 2.05) is 17.3 Å². The Balaban J connectivity index is 2.90. The van der Waals surface area contributed by atoms with E-state index in [0.717, 1.165) is 5.01 Å². The van der Waals surface area contributed by atoms with Crippen LogP contribution in [0.2, 0.25) is 0 Å². The fourth-order valence-corrected chi connectivity index (χ4v) is 1.45. The van der Waals surface area contributed by atoms with E-state index in [4.69, 9.17) is 0 Å². The van der Waals surface area contributed by atoms with E-state index in [9.17, 15) is 0 Å². The lowest BCUT2D eigenvalue weighted by Gasteiger charge is -1.87. The second kappa shape index (κ2) is 3.13. The van der Waals surface area contributed by atoms with Crippen molar-refractivity contribution in [1.29, 1.82) is 0 Å². The number of aromatic nitrogens is 1. The van der Waals surface area contributed by atoms with E-state index in [1.165, 1.54) is 5.57 Å². The molecule has 3 heteroatoms. The third-order valence-corrected chi connectivity index (χ3v) is 2.53. The molecule has 0 N–H and O–H groups in total. The summed E-state index contributed by atoms with van der Waals surface area (Å²) < 4.78 is 0. The first-order valence-corrected chi connectivity index (χ1v) is 4.31. The number of hydrogen-bond donors (Lipinski definition) is 0. The Morgan fingerprint density at radius 2 is 2.67 bits per heavy atom. The molecule has 0 spiro atoms. The van der Waals surface area contributed by atoms with Gasteiger partial charge >= 0.3 is 0 Å². The number of allylic oxidation sites excluding steroid dienone is 1. The lowest BCUT2D eigenvalue weighted by atomic mass is 10.4. The zero-order chi connectivity index (χ0) is 6.69. The van der Waals surface area contributed by atoms with Crippen LogP contribution in [0.3, 0.4) is 0 Å². The molecule has 0 aliphatic carbocycles. The van der Waals surface area contributed by atoms with Gasteiger partial charge in [-0.2, -0.15) is 0 Å². The molecule has 0 unspecified atom stereocenters. The quantitative estimate of drug-likeness (QED) is 0.685. The summed E-state index contributed by atoms with van der Waals surface area (Å²) >= 11 is 4.89. The van der Waals surface area contributed by atoms with Gasteiger partial charge in [0.25, 0.3) is 0 Å². The third kappa shape index (κ3) is 1.63. The Morgan fingerprint density at radius 3 is 3.11 bits per heavy atom. The zero-order valence-corrected chi connectivity index (χ0v) is 7.37. The molecule has 1 rings (SSSR count). The van der Waals surface area contributed by atoms with Crippen molar-refractivity contribution in [3.63, 3.8) is 0 Å². The molecule has 48 valence electrons. The predicted octanol–water partition coefficient (Wildman–Crippen LogP) is 2.90. The standard InChI is InChI=1S/C6H6BrNS/c1-5(4-7)6-8-2-3-9-6/h2-4H,1H3. The van der Waals surface area contributed by atoms with E-state index < -0.39 is 0 Å². The Labute approximate surface area is 66.6 Å². The number of hydrogen-bond acceptors (Lipinski definition) is 2. The molecule has 0 saturated carbocycles. The second-order valence-electron chi connectivity index (χ2n) is 1.63. The first kappa shape index (κ1) is 6.96. The molecule has 0 atom stereocenters. The minimum Gasteiger partial charge on any atom is -0.245 e. The van der Waals surface area contributed by atoms with Crippen molar-refractivity contribution in [2.75, 3.05) is 0 Å². The van der Waals surface area contributed by atoms with Crippen molar-refractivity contribution in [2.45, 2.75) is 6.92 Å². The summed E-state index contributed by atoms with van der Waals surface area (Å²) in [6.45, 7) is 2.02. The minimum absolute atomic E-state index is 1.08. The van der Waals surface area contributed by atoms with Crippen LogP contribution in [-0.4, -0.2) is 4.98 Å². The van der Waals surface area contributed by atoms with Crippen LogP contribution in [0.5, 0.6) is 0 Å². The monoisotopic (exact) mass is 203 g/mol. The first-order valence-electron chi connectivity index (χ1n) is 2.51. The summed E-state index contributed by atoms with van der Waals surface area (Å²) in [4.78, 5) is 5.99. The van der Waals surface area contributed by atoms with Crippen LogP contribution in [0, 0.1) is 0 Å². The van der Waals surface area contributed by atoms with Crippen molar-refractivity contribution in [3.05, 3.63) is 21.6 Å². The molecule has 9 heavy (non-hydrogen) atoms. The largest absolute Gasteiger partial charge is 0.245 e. The number of rotatable bonds is 1. The van der Waals surface area contributed by atoms with Crippen LogP contribution in [0.25, 0.3) is 5.57 Å². The van der Waals surface area contributed by atoms with E-state index in [-0.39, 0.29) is 0 Å². The molecule has 0 radical (unpaired) electrons. The van der Waals surface area contributed by atoms with Crippen molar-refractivity contribution in [1.82, 2.24) is 4.98 Å². The highest BCUT2D eigenvalue weighted by Gasteiger charge is 1.93. The average Bonchev–Trinajstić information content (AvgIpc) is 2.37. The van der Waals surface area contributed by atoms with Crippen molar-refractivity contribution < 1.29 is 0 Å². The van der Waals surface area contributed by atoms with E-state index in [0.29, 0.717) is 0 Å². The van der Waals surface area contributed by atoms with Crippen LogP contribution in [0.4, 0.5) is 0 Å². The minimum atomic E-state index is 1.08. The van der Waals surface area contributed by atoms with Crippen LogP contribution >= 0.6 is 27.3 Å². The summed E-state index contributed by atoms with van der Waals surface area (Å²) in [7, 11) is 0. The van der Waals surface area contributed by atoms with Gasteiger partial charge in [-0.1, -0.05) is 15.9 Å². The summed E-state index contributed by atoms with van der Waals surface area (Å²) in [5, 5.41) is 3.04. The van der Waals surface area contributed by atoms with Gasteiger partial charge in [-0.15, -0.1) is 11.3 Å². The van der Waals surface area contributed by atoms with Gasteiger partial charge in [0.1, 0.15) is 5.01 Å². The number of nitrogens with zero attached hydrogens (tertiary/aromatic N) is 1. The van der Waals surface area contributed by atoms with Gasteiger partial charge in [0, 0.05) is 11.6 Å². The van der Waals surface area contributed by atoms with Gasteiger partial charge < -0.3 is 0 Å². The molecule has 0 bridgehead atoms. The summed E-state index contributed by atoms with van der Waals surface area (Å²) in [5.41, 5.74) is 1.17. The molecule has 0 fully saturated rings. The molecule has 0 saturated heterocycles. The van der Waals surface area contributed by atoms with Crippen LogP contribution in [0.1, 0.15) is 11.9 Å². The maximum Gasteiger partial charge on any atom is 0.119 e. The van der Waals surface area contributed by atoms with Crippen molar-refractivity contribution in [2.24, 2.45) is 0 Å². The molecular weight excluding hydrogens is 198 g/mol.